The fraction of sp³-hybridized carbons (Fsp3) is 0.316. The van der Waals surface area contributed by atoms with Crippen molar-refractivity contribution in [1.29, 1.82) is 5.26 Å². The van der Waals surface area contributed by atoms with E-state index in [2.05, 4.69) is 23.6 Å². The van der Waals surface area contributed by atoms with Crippen LogP contribution >= 0.6 is 46.9 Å². The van der Waals surface area contributed by atoms with Crippen molar-refractivity contribution in [1.82, 2.24) is 5.32 Å². The second-order valence-electron chi connectivity index (χ2n) is 6.42. The van der Waals surface area contributed by atoms with E-state index in [1.54, 1.807) is 23.5 Å². The standard InChI is InChI=1S/C19H18ClN3OS3/c1-10-3-5-12-14(9-21)18(27-16(12)7-10)23-19(25)22-17(24)13-8-11(26-2)4-6-15(13)20/h4,6,8,10H,3,5,7H2,1-2H3,(H2,22,23,24,25)/t10-/m0/s1. The van der Waals surface area contributed by atoms with Crippen LogP contribution < -0.4 is 10.6 Å². The number of hydrogen-bond acceptors (Lipinski definition) is 5. The van der Waals surface area contributed by atoms with E-state index in [0.29, 0.717) is 27.1 Å². The molecule has 1 aromatic heterocycles. The first-order chi connectivity index (χ1) is 12.9. The maximum absolute atomic E-state index is 12.5. The molecule has 8 heteroatoms. The van der Waals surface area contributed by atoms with E-state index in [-0.39, 0.29) is 11.0 Å². The molecular weight excluding hydrogens is 418 g/mol. The average Bonchev–Trinajstić information content (AvgIpc) is 2.97. The molecule has 0 spiro atoms. The van der Waals surface area contributed by atoms with Crippen molar-refractivity contribution in [3.63, 3.8) is 0 Å². The highest BCUT2D eigenvalue weighted by Crippen LogP contribution is 2.39. The van der Waals surface area contributed by atoms with E-state index in [0.717, 1.165) is 29.7 Å². The fourth-order valence-electron chi connectivity index (χ4n) is 3.07. The molecule has 1 aromatic carbocycles. The summed E-state index contributed by atoms with van der Waals surface area (Å²) in [5.74, 6) is 0.245. The number of thiophene rings is 1. The summed E-state index contributed by atoms with van der Waals surface area (Å²) >= 11 is 14.5. The number of halogens is 1. The molecule has 0 radical (unpaired) electrons. The van der Waals surface area contributed by atoms with Gasteiger partial charge in [-0.05, 0) is 67.4 Å². The van der Waals surface area contributed by atoms with E-state index in [9.17, 15) is 10.1 Å². The van der Waals surface area contributed by atoms with Gasteiger partial charge in [0.15, 0.2) is 5.11 Å². The third kappa shape index (κ3) is 4.46. The number of nitriles is 1. The molecule has 0 aliphatic heterocycles. The number of anilines is 1. The summed E-state index contributed by atoms with van der Waals surface area (Å²) in [4.78, 5) is 14.7. The molecule has 4 nitrogen and oxygen atoms in total. The number of amides is 1. The van der Waals surface area contributed by atoms with Gasteiger partial charge in [0, 0.05) is 9.77 Å². The molecule has 27 heavy (non-hydrogen) atoms. The SMILES string of the molecule is CSc1ccc(Cl)c(C(=O)NC(=S)Nc2sc3c(c2C#N)CC[C@H](C)C3)c1. The number of fused-ring (bicyclic) bond motifs is 1. The van der Waals surface area contributed by atoms with Crippen LogP contribution in [0.15, 0.2) is 23.1 Å². The molecule has 1 heterocycles. The van der Waals surface area contributed by atoms with Gasteiger partial charge >= 0.3 is 0 Å². The number of thioether (sulfide) groups is 1. The number of nitrogens with one attached hydrogen (secondary N) is 2. The maximum atomic E-state index is 12.5. The molecule has 1 aliphatic rings. The van der Waals surface area contributed by atoms with Crippen LogP contribution in [-0.4, -0.2) is 17.3 Å². The van der Waals surface area contributed by atoms with Crippen molar-refractivity contribution in [2.45, 2.75) is 31.1 Å². The van der Waals surface area contributed by atoms with Gasteiger partial charge in [-0.2, -0.15) is 5.26 Å². The summed E-state index contributed by atoms with van der Waals surface area (Å²) in [7, 11) is 0. The van der Waals surface area contributed by atoms with Crippen LogP contribution in [0.4, 0.5) is 5.00 Å². The minimum absolute atomic E-state index is 0.161. The molecule has 0 saturated heterocycles. The van der Waals surface area contributed by atoms with Crippen molar-refractivity contribution in [2.24, 2.45) is 5.92 Å². The smallest absolute Gasteiger partial charge is 0.258 e. The first-order valence-corrected chi connectivity index (χ1v) is 11.3. The van der Waals surface area contributed by atoms with Crippen LogP contribution in [0.2, 0.25) is 5.02 Å². The van der Waals surface area contributed by atoms with Gasteiger partial charge in [-0.25, -0.2) is 0 Å². The Morgan fingerprint density at radius 2 is 2.26 bits per heavy atom. The minimum Gasteiger partial charge on any atom is -0.323 e. The Morgan fingerprint density at radius 1 is 1.48 bits per heavy atom. The van der Waals surface area contributed by atoms with Gasteiger partial charge in [0.25, 0.3) is 5.91 Å². The Labute approximate surface area is 177 Å². The molecule has 1 amide bonds. The summed E-state index contributed by atoms with van der Waals surface area (Å²) in [5.41, 5.74) is 2.13. The predicted octanol–water partition coefficient (Wildman–Crippen LogP) is 5.25. The Kier molecular flexibility index (Phi) is 6.43. The Hall–Kier alpha value is -1.59. The van der Waals surface area contributed by atoms with Crippen LogP contribution in [-0.2, 0) is 12.8 Å². The van der Waals surface area contributed by atoms with E-state index in [4.69, 9.17) is 23.8 Å². The largest absolute Gasteiger partial charge is 0.323 e. The van der Waals surface area contributed by atoms with E-state index in [1.807, 2.05) is 12.3 Å². The zero-order chi connectivity index (χ0) is 19.6. The zero-order valence-corrected chi connectivity index (χ0v) is 18.1. The molecule has 0 fully saturated rings. The maximum Gasteiger partial charge on any atom is 0.258 e. The van der Waals surface area contributed by atoms with Gasteiger partial charge in [-0.1, -0.05) is 18.5 Å². The Morgan fingerprint density at radius 3 is 2.96 bits per heavy atom. The molecule has 0 bridgehead atoms. The first-order valence-electron chi connectivity index (χ1n) is 8.43. The number of nitrogens with zero attached hydrogens (tertiary/aromatic N) is 1. The second-order valence-corrected chi connectivity index (χ2v) is 9.22. The third-order valence-corrected chi connectivity index (χ3v) is 6.92. The van der Waals surface area contributed by atoms with Crippen molar-refractivity contribution in [3.05, 3.63) is 44.8 Å². The molecule has 0 unspecified atom stereocenters. The predicted molar refractivity (Wildman–Crippen MR) is 117 cm³/mol. The van der Waals surface area contributed by atoms with Crippen LogP contribution in [0, 0.1) is 17.2 Å². The van der Waals surface area contributed by atoms with E-state index < -0.39 is 0 Å². The first kappa shape index (κ1) is 20.2. The van der Waals surface area contributed by atoms with Crippen molar-refractivity contribution >= 4 is 62.9 Å². The van der Waals surface area contributed by atoms with Gasteiger partial charge < -0.3 is 5.32 Å². The molecule has 1 atom stereocenters. The Bertz CT molecular complexity index is 948. The van der Waals surface area contributed by atoms with Crippen LogP contribution in [0.1, 0.15) is 39.7 Å². The highest BCUT2D eigenvalue weighted by molar-refractivity contribution is 7.98. The zero-order valence-electron chi connectivity index (χ0n) is 14.9. The summed E-state index contributed by atoms with van der Waals surface area (Å²) in [6.45, 7) is 2.22. The van der Waals surface area contributed by atoms with Gasteiger partial charge in [0.1, 0.15) is 11.1 Å². The average molecular weight is 436 g/mol. The normalized spacial score (nSPS) is 15.6. The van der Waals surface area contributed by atoms with Crippen LogP contribution in [0.25, 0.3) is 0 Å². The second kappa shape index (κ2) is 8.61. The Balaban J connectivity index is 1.75. The molecule has 3 rings (SSSR count). The molecule has 0 saturated carbocycles. The summed E-state index contributed by atoms with van der Waals surface area (Å²) in [6.07, 6.45) is 4.91. The summed E-state index contributed by atoms with van der Waals surface area (Å²) in [5, 5.41) is 16.5. The van der Waals surface area contributed by atoms with Crippen LogP contribution in [0.5, 0.6) is 0 Å². The van der Waals surface area contributed by atoms with Gasteiger partial charge in [0.2, 0.25) is 0 Å². The van der Waals surface area contributed by atoms with Gasteiger partial charge in [-0.3, -0.25) is 10.1 Å². The fourth-order valence-corrected chi connectivity index (χ4v) is 5.34. The molecule has 140 valence electrons. The van der Waals surface area contributed by atoms with Gasteiger partial charge in [0.05, 0.1) is 16.1 Å². The summed E-state index contributed by atoms with van der Waals surface area (Å²) < 4.78 is 0. The van der Waals surface area contributed by atoms with E-state index >= 15 is 0 Å². The van der Waals surface area contributed by atoms with Gasteiger partial charge in [-0.15, -0.1) is 23.1 Å². The lowest BCUT2D eigenvalue weighted by Gasteiger charge is -2.17. The lowest BCUT2D eigenvalue weighted by atomic mass is 9.89. The molecule has 2 N–H and O–H groups in total. The third-order valence-electron chi connectivity index (χ3n) is 4.50. The number of benzene rings is 1. The number of thiocarbonyl (C=S) groups is 1. The highest BCUT2D eigenvalue weighted by atomic mass is 35.5. The number of carbonyl (C=O) groups excluding carboxylic acids is 1. The number of rotatable bonds is 3. The molecule has 2 aromatic rings. The lowest BCUT2D eigenvalue weighted by molar-refractivity contribution is 0.0977. The minimum atomic E-state index is -0.373. The molecular formula is C19H18ClN3OS3. The highest BCUT2D eigenvalue weighted by Gasteiger charge is 2.24. The number of hydrogen-bond donors (Lipinski definition) is 2. The monoisotopic (exact) mass is 435 g/mol. The van der Waals surface area contributed by atoms with Crippen molar-refractivity contribution < 1.29 is 4.79 Å². The van der Waals surface area contributed by atoms with Crippen LogP contribution in [0.3, 0.4) is 0 Å². The van der Waals surface area contributed by atoms with Crippen molar-refractivity contribution in [2.75, 3.05) is 11.6 Å². The molecule has 1 aliphatic carbocycles. The summed E-state index contributed by atoms with van der Waals surface area (Å²) in [6, 6.07) is 7.57. The topological polar surface area (TPSA) is 64.9 Å². The number of carbonyl (C=O) groups is 1. The van der Waals surface area contributed by atoms with E-state index in [1.165, 1.54) is 16.6 Å². The lowest BCUT2D eigenvalue weighted by Crippen LogP contribution is -2.34. The quantitative estimate of drug-likeness (QED) is 0.509. The van der Waals surface area contributed by atoms with Crippen molar-refractivity contribution in [3.8, 4) is 6.07 Å².